The molecular weight excluding hydrogens is 373 g/mol. The Morgan fingerprint density at radius 2 is 1.83 bits per heavy atom. The lowest BCUT2D eigenvalue weighted by atomic mass is 10.2. The zero-order valence-electron chi connectivity index (χ0n) is 15.5. The third kappa shape index (κ3) is 3.12. The van der Waals surface area contributed by atoms with Gasteiger partial charge in [0.05, 0.1) is 18.2 Å². The summed E-state index contributed by atoms with van der Waals surface area (Å²) >= 11 is 0. The van der Waals surface area contributed by atoms with E-state index in [1.54, 1.807) is 41.6 Å². The molecule has 1 amide bonds. The van der Waals surface area contributed by atoms with Gasteiger partial charge in [-0.2, -0.15) is 0 Å². The fourth-order valence-corrected chi connectivity index (χ4v) is 3.64. The molecule has 0 unspecified atom stereocenters. The number of piperazine rings is 1. The van der Waals surface area contributed by atoms with Gasteiger partial charge in [-0.05, 0) is 36.4 Å². The molecule has 1 fully saturated rings. The smallest absolute Gasteiger partial charge is 0.289 e. The van der Waals surface area contributed by atoms with Crippen LogP contribution < -0.4 is 4.90 Å². The van der Waals surface area contributed by atoms with Crippen LogP contribution in [0.4, 0.5) is 10.2 Å². The van der Waals surface area contributed by atoms with Crippen LogP contribution in [0, 0.1) is 5.82 Å². The molecule has 0 aliphatic carbocycles. The van der Waals surface area contributed by atoms with Gasteiger partial charge in [-0.3, -0.25) is 9.20 Å². The fourth-order valence-electron chi connectivity index (χ4n) is 3.64. The molecular formula is C21H18FN5O2. The predicted octanol–water partition coefficient (Wildman–Crippen LogP) is 3.09. The van der Waals surface area contributed by atoms with Crippen LogP contribution in [0.25, 0.3) is 16.9 Å². The van der Waals surface area contributed by atoms with Crippen LogP contribution >= 0.6 is 0 Å². The highest BCUT2D eigenvalue weighted by atomic mass is 19.1. The standard InChI is InChI=1S/C21H18FN5O2/c22-16-5-3-15(4-6-16)17-14-24-20-19(23-7-8-27(17)20)25-9-11-26(12-10-25)21(28)18-2-1-13-29-18/h1-8,13-14H,9-12H2. The monoisotopic (exact) mass is 391 g/mol. The third-order valence-electron chi connectivity index (χ3n) is 5.15. The fraction of sp³-hybridized carbons (Fsp3) is 0.190. The highest BCUT2D eigenvalue weighted by Gasteiger charge is 2.26. The first-order valence-electron chi connectivity index (χ1n) is 9.36. The van der Waals surface area contributed by atoms with Crippen molar-refractivity contribution in [2.45, 2.75) is 0 Å². The van der Waals surface area contributed by atoms with Gasteiger partial charge in [0.25, 0.3) is 5.91 Å². The van der Waals surface area contributed by atoms with Crippen molar-refractivity contribution >= 4 is 17.4 Å². The van der Waals surface area contributed by atoms with Crippen molar-refractivity contribution in [1.82, 2.24) is 19.3 Å². The summed E-state index contributed by atoms with van der Waals surface area (Å²) in [5.74, 6) is 0.758. The lowest BCUT2D eigenvalue weighted by Crippen LogP contribution is -2.49. The number of hydrogen-bond acceptors (Lipinski definition) is 5. The normalized spacial score (nSPS) is 14.5. The molecule has 146 valence electrons. The molecule has 1 saturated heterocycles. The molecule has 1 aromatic carbocycles. The molecule has 0 saturated carbocycles. The molecule has 1 aliphatic rings. The highest BCUT2D eigenvalue weighted by Crippen LogP contribution is 2.26. The topological polar surface area (TPSA) is 66.9 Å². The second-order valence-electron chi connectivity index (χ2n) is 6.85. The van der Waals surface area contributed by atoms with Crippen LogP contribution in [-0.4, -0.2) is 51.4 Å². The summed E-state index contributed by atoms with van der Waals surface area (Å²) in [5.41, 5.74) is 2.48. The summed E-state index contributed by atoms with van der Waals surface area (Å²) in [6.45, 7) is 2.46. The minimum absolute atomic E-state index is 0.0970. The molecule has 0 bridgehead atoms. The Labute approximate surface area is 166 Å². The van der Waals surface area contributed by atoms with Crippen molar-refractivity contribution in [3.63, 3.8) is 0 Å². The molecule has 0 atom stereocenters. The van der Waals surface area contributed by atoms with Crippen molar-refractivity contribution in [2.24, 2.45) is 0 Å². The van der Waals surface area contributed by atoms with Gasteiger partial charge < -0.3 is 14.2 Å². The second kappa shape index (κ2) is 7.05. The number of benzene rings is 1. The zero-order valence-corrected chi connectivity index (χ0v) is 15.5. The average Bonchev–Trinajstić information content (AvgIpc) is 3.44. The molecule has 1 aliphatic heterocycles. The number of carbonyl (C=O) groups is 1. The molecule has 0 spiro atoms. The van der Waals surface area contributed by atoms with Gasteiger partial charge >= 0.3 is 0 Å². The number of furan rings is 1. The maximum atomic E-state index is 13.3. The van der Waals surface area contributed by atoms with E-state index in [1.807, 2.05) is 10.6 Å². The van der Waals surface area contributed by atoms with E-state index < -0.39 is 0 Å². The summed E-state index contributed by atoms with van der Waals surface area (Å²) in [4.78, 5) is 25.5. The van der Waals surface area contributed by atoms with E-state index in [0.717, 1.165) is 22.7 Å². The van der Waals surface area contributed by atoms with E-state index in [1.165, 1.54) is 18.4 Å². The summed E-state index contributed by atoms with van der Waals surface area (Å²) < 4.78 is 20.4. The van der Waals surface area contributed by atoms with E-state index in [-0.39, 0.29) is 11.7 Å². The first-order valence-corrected chi connectivity index (χ1v) is 9.36. The van der Waals surface area contributed by atoms with Gasteiger partial charge in [0, 0.05) is 44.1 Å². The van der Waals surface area contributed by atoms with Crippen LogP contribution in [0.3, 0.4) is 0 Å². The van der Waals surface area contributed by atoms with Gasteiger partial charge in [-0.15, -0.1) is 0 Å². The SMILES string of the molecule is O=C(c1ccco1)N1CCN(c2nccn3c(-c4ccc(F)cc4)cnc23)CC1. The Morgan fingerprint density at radius 3 is 2.55 bits per heavy atom. The Balaban J connectivity index is 1.39. The average molecular weight is 391 g/mol. The first-order chi connectivity index (χ1) is 14.2. The zero-order chi connectivity index (χ0) is 19.8. The van der Waals surface area contributed by atoms with Crippen LogP contribution in [0.1, 0.15) is 10.6 Å². The van der Waals surface area contributed by atoms with Crippen molar-refractivity contribution in [2.75, 3.05) is 31.1 Å². The number of hydrogen-bond donors (Lipinski definition) is 0. The van der Waals surface area contributed by atoms with Gasteiger partial charge in [-0.25, -0.2) is 14.4 Å². The maximum Gasteiger partial charge on any atom is 0.289 e. The lowest BCUT2D eigenvalue weighted by molar-refractivity contribution is 0.0714. The molecule has 7 nitrogen and oxygen atoms in total. The Hall–Kier alpha value is -3.68. The Morgan fingerprint density at radius 1 is 1.03 bits per heavy atom. The van der Waals surface area contributed by atoms with Crippen LogP contribution in [0.15, 0.2) is 65.7 Å². The van der Waals surface area contributed by atoms with Gasteiger partial charge in [0.1, 0.15) is 5.82 Å². The second-order valence-corrected chi connectivity index (χ2v) is 6.85. The number of fused-ring (bicyclic) bond motifs is 1. The van der Waals surface area contributed by atoms with Crippen molar-refractivity contribution in [3.05, 3.63) is 72.8 Å². The van der Waals surface area contributed by atoms with E-state index in [2.05, 4.69) is 14.9 Å². The molecule has 4 heterocycles. The van der Waals surface area contributed by atoms with E-state index >= 15 is 0 Å². The molecule has 0 N–H and O–H groups in total. The Kier molecular flexibility index (Phi) is 4.23. The molecule has 4 aromatic rings. The first kappa shape index (κ1) is 17.4. The van der Waals surface area contributed by atoms with Gasteiger partial charge in [0.2, 0.25) is 0 Å². The van der Waals surface area contributed by atoms with Crippen molar-refractivity contribution in [1.29, 1.82) is 0 Å². The minimum Gasteiger partial charge on any atom is -0.459 e. The highest BCUT2D eigenvalue weighted by molar-refractivity contribution is 5.91. The number of halogens is 1. The predicted molar refractivity (Wildman–Crippen MR) is 105 cm³/mol. The number of nitrogens with zero attached hydrogens (tertiary/aromatic N) is 5. The lowest BCUT2D eigenvalue weighted by Gasteiger charge is -2.35. The van der Waals surface area contributed by atoms with E-state index in [4.69, 9.17) is 4.42 Å². The van der Waals surface area contributed by atoms with Crippen LogP contribution in [-0.2, 0) is 0 Å². The number of aromatic nitrogens is 3. The van der Waals surface area contributed by atoms with Gasteiger partial charge in [-0.1, -0.05) is 0 Å². The number of imidazole rings is 1. The number of carbonyl (C=O) groups excluding carboxylic acids is 1. The molecule has 0 radical (unpaired) electrons. The maximum absolute atomic E-state index is 13.3. The summed E-state index contributed by atoms with van der Waals surface area (Å²) in [7, 11) is 0. The van der Waals surface area contributed by atoms with E-state index in [9.17, 15) is 9.18 Å². The number of anilines is 1. The molecule has 8 heteroatoms. The minimum atomic E-state index is -0.271. The van der Waals surface area contributed by atoms with Crippen LogP contribution in [0.5, 0.6) is 0 Å². The van der Waals surface area contributed by atoms with Crippen LogP contribution in [0.2, 0.25) is 0 Å². The number of amides is 1. The van der Waals surface area contributed by atoms with E-state index in [0.29, 0.717) is 31.9 Å². The molecule has 5 rings (SSSR count). The van der Waals surface area contributed by atoms with Gasteiger partial charge in [0.15, 0.2) is 17.2 Å². The van der Waals surface area contributed by atoms with Crippen molar-refractivity contribution in [3.8, 4) is 11.3 Å². The largest absolute Gasteiger partial charge is 0.459 e. The Bertz CT molecular complexity index is 1150. The third-order valence-corrected chi connectivity index (χ3v) is 5.15. The summed E-state index contributed by atoms with van der Waals surface area (Å²) in [6.07, 6.45) is 6.86. The summed E-state index contributed by atoms with van der Waals surface area (Å²) in [5, 5.41) is 0. The summed E-state index contributed by atoms with van der Waals surface area (Å²) in [6, 6.07) is 9.73. The molecule has 3 aromatic heterocycles. The molecule has 29 heavy (non-hydrogen) atoms. The quantitative estimate of drug-likeness (QED) is 0.537. The number of rotatable bonds is 3. The van der Waals surface area contributed by atoms with Crippen molar-refractivity contribution < 1.29 is 13.6 Å².